The molecule has 1 heterocycles. The molecule has 1 aliphatic carbocycles. The first-order valence-corrected chi connectivity index (χ1v) is 7.70. The number of aliphatic carboxylic acids is 1. The molecule has 1 unspecified atom stereocenters. The zero-order valence-electron chi connectivity index (χ0n) is 12.6. The molecule has 2 aromatic rings. The Morgan fingerprint density at radius 3 is 2.70 bits per heavy atom. The summed E-state index contributed by atoms with van der Waals surface area (Å²) in [6.07, 6.45) is 3.43. The standard InChI is InChI=1S/C17H18N2O4/c20-15(21)10-13(11-6-2-1-3-7-11)18-17(22)16-12-8-4-5-9-14(12)23-19-16/h1-3,6-7,13H,4-5,8-10H2,(H,18,22)(H,20,21). The van der Waals surface area contributed by atoms with E-state index in [-0.39, 0.29) is 18.0 Å². The number of carboxylic acids is 1. The molecule has 1 aromatic carbocycles. The lowest BCUT2D eigenvalue weighted by Gasteiger charge is -2.17. The number of carbonyl (C=O) groups is 2. The summed E-state index contributed by atoms with van der Waals surface area (Å²) < 4.78 is 5.25. The minimum atomic E-state index is -0.971. The Kier molecular flexibility index (Phi) is 4.41. The first-order valence-electron chi connectivity index (χ1n) is 7.70. The molecule has 23 heavy (non-hydrogen) atoms. The minimum absolute atomic E-state index is 0.185. The van der Waals surface area contributed by atoms with Crippen molar-refractivity contribution in [2.24, 2.45) is 0 Å². The predicted molar refractivity (Wildman–Crippen MR) is 82.0 cm³/mol. The van der Waals surface area contributed by atoms with Crippen molar-refractivity contribution in [3.63, 3.8) is 0 Å². The van der Waals surface area contributed by atoms with Crippen LogP contribution in [0.15, 0.2) is 34.9 Å². The summed E-state index contributed by atoms with van der Waals surface area (Å²) in [6, 6.07) is 8.47. The minimum Gasteiger partial charge on any atom is -0.481 e. The molecule has 0 saturated heterocycles. The Bertz CT molecular complexity index is 709. The molecule has 0 spiro atoms. The number of hydrogen-bond acceptors (Lipinski definition) is 4. The average Bonchev–Trinajstić information content (AvgIpc) is 2.99. The zero-order chi connectivity index (χ0) is 16.2. The van der Waals surface area contributed by atoms with E-state index >= 15 is 0 Å². The highest BCUT2D eigenvalue weighted by molar-refractivity contribution is 5.94. The number of benzene rings is 1. The number of amides is 1. The fraction of sp³-hybridized carbons (Fsp3) is 0.353. The molecule has 1 atom stereocenters. The molecule has 1 aliphatic rings. The van der Waals surface area contributed by atoms with E-state index in [1.807, 2.05) is 18.2 Å². The van der Waals surface area contributed by atoms with E-state index in [1.165, 1.54) is 0 Å². The normalized spacial score (nSPS) is 14.8. The van der Waals surface area contributed by atoms with Gasteiger partial charge in [0.05, 0.1) is 12.5 Å². The Labute approximate surface area is 133 Å². The van der Waals surface area contributed by atoms with E-state index in [9.17, 15) is 9.59 Å². The largest absolute Gasteiger partial charge is 0.481 e. The second kappa shape index (κ2) is 6.64. The highest BCUT2D eigenvalue weighted by atomic mass is 16.5. The van der Waals surface area contributed by atoms with Crippen LogP contribution in [0.4, 0.5) is 0 Å². The van der Waals surface area contributed by atoms with Crippen molar-refractivity contribution < 1.29 is 19.2 Å². The molecular formula is C17H18N2O4. The van der Waals surface area contributed by atoms with E-state index in [4.69, 9.17) is 9.63 Å². The Hall–Kier alpha value is -2.63. The number of carbonyl (C=O) groups excluding carboxylic acids is 1. The van der Waals surface area contributed by atoms with Gasteiger partial charge in [0.25, 0.3) is 5.91 Å². The van der Waals surface area contributed by atoms with Crippen molar-refractivity contribution in [1.29, 1.82) is 0 Å². The first kappa shape index (κ1) is 15.3. The van der Waals surface area contributed by atoms with Gasteiger partial charge in [-0.2, -0.15) is 0 Å². The highest BCUT2D eigenvalue weighted by Gasteiger charge is 2.26. The van der Waals surface area contributed by atoms with Gasteiger partial charge < -0.3 is 14.9 Å². The molecule has 6 heteroatoms. The number of hydrogen-bond donors (Lipinski definition) is 2. The summed E-state index contributed by atoms with van der Waals surface area (Å²) in [4.78, 5) is 23.6. The quantitative estimate of drug-likeness (QED) is 0.884. The maximum absolute atomic E-state index is 12.5. The lowest BCUT2D eigenvalue weighted by atomic mass is 9.96. The van der Waals surface area contributed by atoms with Gasteiger partial charge in [-0.1, -0.05) is 35.5 Å². The van der Waals surface area contributed by atoms with Crippen molar-refractivity contribution in [3.8, 4) is 0 Å². The van der Waals surface area contributed by atoms with Gasteiger partial charge in [-0.25, -0.2) is 0 Å². The lowest BCUT2D eigenvalue weighted by Crippen LogP contribution is -2.31. The van der Waals surface area contributed by atoms with Gasteiger partial charge in [0, 0.05) is 12.0 Å². The van der Waals surface area contributed by atoms with Gasteiger partial charge in [-0.15, -0.1) is 0 Å². The third kappa shape index (κ3) is 3.41. The lowest BCUT2D eigenvalue weighted by molar-refractivity contribution is -0.137. The van der Waals surface area contributed by atoms with Crippen LogP contribution < -0.4 is 5.32 Å². The predicted octanol–water partition coefficient (Wildman–Crippen LogP) is 2.50. The van der Waals surface area contributed by atoms with Crippen molar-refractivity contribution in [1.82, 2.24) is 10.5 Å². The molecule has 0 bridgehead atoms. The van der Waals surface area contributed by atoms with Crippen LogP contribution in [-0.4, -0.2) is 22.1 Å². The molecule has 0 fully saturated rings. The molecule has 3 rings (SSSR count). The maximum atomic E-state index is 12.5. The van der Waals surface area contributed by atoms with Crippen LogP contribution in [0.3, 0.4) is 0 Å². The average molecular weight is 314 g/mol. The monoisotopic (exact) mass is 314 g/mol. The van der Waals surface area contributed by atoms with Crippen LogP contribution in [0.25, 0.3) is 0 Å². The van der Waals surface area contributed by atoms with Crippen LogP contribution in [0.1, 0.15) is 52.7 Å². The molecule has 120 valence electrons. The summed E-state index contributed by atoms with van der Waals surface area (Å²) in [5.74, 6) is -0.579. The highest BCUT2D eigenvalue weighted by Crippen LogP contribution is 2.25. The summed E-state index contributed by atoms with van der Waals surface area (Å²) in [6.45, 7) is 0. The summed E-state index contributed by atoms with van der Waals surface area (Å²) in [7, 11) is 0. The van der Waals surface area contributed by atoms with Crippen LogP contribution in [-0.2, 0) is 17.6 Å². The molecule has 1 amide bonds. The number of aryl methyl sites for hydroxylation is 1. The topological polar surface area (TPSA) is 92.4 Å². The fourth-order valence-corrected chi connectivity index (χ4v) is 2.90. The SMILES string of the molecule is O=C(O)CC(NC(=O)c1noc2c1CCCC2)c1ccccc1. The van der Waals surface area contributed by atoms with E-state index < -0.39 is 12.0 Å². The van der Waals surface area contributed by atoms with Gasteiger partial charge in [-0.3, -0.25) is 9.59 Å². The molecule has 0 radical (unpaired) electrons. The number of nitrogens with one attached hydrogen (secondary N) is 1. The second-order valence-corrected chi connectivity index (χ2v) is 5.67. The van der Waals surface area contributed by atoms with Crippen molar-refractivity contribution in [2.45, 2.75) is 38.1 Å². The van der Waals surface area contributed by atoms with Gasteiger partial charge in [0.1, 0.15) is 5.76 Å². The number of fused-ring (bicyclic) bond motifs is 1. The number of nitrogens with zero attached hydrogens (tertiary/aromatic N) is 1. The number of rotatable bonds is 5. The van der Waals surface area contributed by atoms with Gasteiger partial charge >= 0.3 is 5.97 Å². The molecule has 0 aliphatic heterocycles. The molecule has 6 nitrogen and oxygen atoms in total. The summed E-state index contributed by atoms with van der Waals surface area (Å²) >= 11 is 0. The zero-order valence-corrected chi connectivity index (χ0v) is 12.6. The Morgan fingerprint density at radius 1 is 1.22 bits per heavy atom. The van der Waals surface area contributed by atoms with Crippen LogP contribution in [0, 0.1) is 0 Å². The van der Waals surface area contributed by atoms with Crippen molar-refractivity contribution in [2.75, 3.05) is 0 Å². The molecular weight excluding hydrogens is 296 g/mol. The molecule has 2 N–H and O–H groups in total. The molecule has 1 aromatic heterocycles. The van der Waals surface area contributed by atoms with E-state index in [0.717, 1.165) is 42.6 Å². The smallest absolute Gasteiger partial charge is 0.305 e. The second-order valence-electron chi connectivity index (χ2n) is 5.67. The Morgan fingerprint density at radius 2 is 1.96 bits per heavy atom. The van der Waals surface area contributed by atoms with E-state index in [2.05, 4.69) is 10.5 Å². The van der Waals surface area contributed by atoms with Crippen LogP contribution in [0.5, 0.6) is 0 Å². The van der Waals surface area contributed by atoms with Crippen LogP contribution >= 0.6 is 0 Å². The fourth-order valence-electron chi connectivity index (χ4n) is 2.90. The summed E-state index contributed by atoms with van der Waals surface area (Å²) in [5.41, 5.74) is 1.89. The van der Waals surface area contributed by atoms with Gasteiger partial charge in [0.15, 0.2) is 5.69 Å². The first-order chi connectivity index (χ1) is 11.1. The third-order valence-electron chi connectivity index (χ3n) is 4.05. The number of carboxylic acid groups (broad SMARTS) is 1. The van der Waals surface area contributed by atoms with E-state index in [0.29, 0.717) is 0 Å². The van der Waals surface area contributed by atoms with Crippen LogP contribution in [0.2, 0.25) is 0 Å². The summed E-state index contributed by atoms with van der Waals surface area (Å²) in [5, 5.41) is 15.8. The van der Waals surface area contributed by atoms with E-state index in [1.54, 1.807) is 12.1 Å². The molecule has 0 saturated carbocycles. The van der Waals surface area contributed by atoms with Crippen molar-refractivity contribution in [3.05, 3.63) is 52.9 Å². The van der Waals surface area contributed by atoms with Gasteiger partial charge in [0.2, 0.25) is 0 Å². The maximum Gasteiger partial charge on any atom is 0.305 e. The van der Waals surface area contributed by atoms with Crippen molar-refractivity contribution >= 4 is 11.9 Å². The van der Waals surface area contributed by atoms with Gasteiger partial charge in [-0.05, 0) is 24.8 Å². The Balaban J connectivity index is 1.81. The third-order valence-corrected chi connectivity index (χ3v) is 4.05. The number of aromatic nitrogens is 1.